The summed E-state index contributed by atoms with van der Waals surface area (Å²) in [5, 5.41) is 3.36. The van der Waals surface area contributed by atoms with Crippen LogP contribution >= 0.6 is 15.9 Å². The van der Waals surface area contributed by atoms with Crippen molar-refractivity contribution in [2.75, 3.05) is 5.32 Å². The van der Waals surface area contributed by atoms with Crippen LogP contribution in [0.25, 0.3) is 11.1 Å². The van der Waals surface area contributed by atoms with Crippen molar-refractivity contribution >= 4 is 27.7 Å². The van der Waals surface area contributed by atoms with E-state index in [4.69, 9.17) is 5.73 Å². The Bertz CT molecular complexity index is 961. The molecule has 1 aliphatic rings. The Morgan fingerprint density at radius 1 is 1.12 bits per heavy atom. The number of halogens is 1. The normalized spacial score (nSPS) is 18.3. The maximum absolute atomic E-state index is 12.1. The molecule has 1 amide bonds. The van der Waals surface area contributed by atoms with E-state index in [1.54, 1.807) is 12.4 Å². The summed E-state index contributed by atoms with van der Waals surface area (Å²) in [6, 6.07) is 15.6. The van der Waals surface area contributed by atoms with Crippen LogP contribution in [0.4, 0.5) is 5.82 Å². The van der Waals surface area contributed by atoms with Gasteiger partial charge < -0.3 is 11.1 Å². The summed E-state index contributed by atoms with van der Waals surface area (Å²) in [6.07, 6.45) is 4.18. The van der Waals surface area contributed by atoms with Gasteiger partial charge in [-0.3, -0.25) is 4.79 Å². The molecule has 1 unspecified atom stereocenters. The zero-order chi connectivity index (χ0) is 18.1. The van der Waals surface area contributed by atoms with E-state index in [2.05, 4.69) is 37.3 Å². The molecule has 0 bridgehead atoms. The molecule has 0 radical (unpaired) electrons. The second-order valence-corrected chi connectivity index (χ2v) is 7.06. The lowest BCUT2D eigenvalue weighted by atomic mass is 9.96. The van der Waals surface area contributed by atoms with E-state index in [1.165, 1.54) is 0 Å². The van der Waals surface area contributed by atoms with Gasteiger partial charge in [-0.2, -0.15) is 0 Å². The number of fused-ring (bicyclic) bond motifs is 1. The van der Waals surface area contributed by atoms with Crippen molar-refractivity contribution in [1.82, 2.24) is 9.97 Å². The first-order chi connectivity index (χ1) is 12.6. The number of nitrogens with zero attached hydrogens (tertiary/aromatic N) is 2. The Kier molecular flexibility index (Phi) is 4.42. The number of benzene rings is 1. The van der Waals surface area contributed by atoms with Gasteiger partial charge in [0.2, 0.25) is 5.91 Å². The molecule has 26 heavy (non-hydrogen) atoms. The van der Waals surface area contributed by atoms with Crippen LogP contribution in [0, 0.1) is 0 Å². The van der Waals surface area contributed by atoms with E-state index in [-0.39, 0.29) is 17.9 Å². The largest absolute Gasteiger partial charge is 0.369 e. The highest BCUT2D eigenvalue weighted by Crippen LogP contribution is 2.38. The van der Waals surface area contributed by atoms with Gasteiger partial charge in [0.05, 0.1) is 5.92 Å². The second kappa shape index (κ2) is 6.88. The third-order valence-electron chi connectivity index (χ3n) is 4.70. The Morgan fingerprint density at radius 2 is 1.96 bits per heavy atom. The Balaban J connectivity index is 1.69. The molecule has 2 atom stereocenters. The van der Waals surface area contributed by atoms with Gasteiger partial charge in [0.15, 0.2) is 0 Å². The lowest BCUT2D eigenvalue weighted by Gasteiger charge is -2.19. The summed E-state index contributed by atoms with van der Waals surface area (Å²) in [5.74, 6) is 0.0395. The fourth-order valence-corrected chi connectivity index (χ4v) is 4.03. The van der Waals surface area contributed by atoms with Crippen molar-refractivity contribution in [2.45, 2.75) is 18.4 Å². The average molecular weight is 409 g/mol. The molecule has 2 heterocycles. The Morgan fingerprint density at radius 3 is 2.69 bits per heavy atom. The fraction of sp³-hybridized carbons (Fsp3) is 0.150. The topological polar surface area (TPSA) is 80.9 Å². The average Bonchev–Trinajstić information content (AvgIpc) is 3.00. The quantitative estimate of drug-likeness (QED) is 0.647. The number of anilines is 1. The lowest BCUT2D eigenvalue weighted by Crippen LogP contribution is -2.34. The van der Waals surface area contributed by atoms with Gasteiger partial charge in [-0.1, -0.05) is 30.3 Å². The molecule has 0 aliphatic heterocycles. The number of aromatic nitrogens is 2. The maximum Gasteiger partial charge on any atom is 0.227 e. The number of hydrogen-bond acceptors (Lipinski definition) is 4. The molecule has 6 heteroatoms. The number of nitrogens with two attached hydrogens (primary N) is 1. The summed E-state index contributed by atoms with van der Waals surface area (Å²) in [7, 11) is 0. The van der Waals surface area contributed by atoms with Crippen LogP contribution in [-0.4, -0.2) is 21.9 Å². The highest BCUT2D eigenvalue weighted by molar-refractivity contribution is 9.10. The highest BCUT2D eigenvalue weighted by Gasteiger charge is 2.36. The molecular formula is C20H17BrN4O. The van der Waals surface area contributed by atoms with Crippen molar-refractivity contribution in [3.63, 3.8) is 0 Å². The number of amides is 1. The van der Waals surface area contributed by atoms with Crippen molar-refractivity contribution in [2.24, 2.45) is 5.73 Å². The number of rotatable bonds is 4. The molecule has 2 aromatic heterocycles. The van der Waals surface area contributed by atoms with Gasteiger partial charge in [-0.05, 0) is 57.2 Å². The van der Waals surface area contributed by atoms with Crippen molar-refractivity contribution < 1.29 is 4.79 Å². The van der Waals surface area contributed by atoms with Crippen LogP contribution in [0.2, 0.25) is 0 Å². The molecule has 1 aromatic carbocycles. The molecule has 3 N–H and O–H groups in total. The number of primary amides is 1. The van der Waals surface area contributed by atoms with E-state index < -0.39 is 0 Å². The first-order valence-electron chi connectivity index (χ1n) is 8.34. The molecule has 0 saturated heterocycles. The van der Waals surface area contributed by atoms with E-state index in [9.17, 15) is 4.79 Å². The summed E-state index contributed by atoms with van der Waals surface area (Å²) in [4.78, 5) is 20.7. The molecule has 0 saturated carbocycles. The molecule has 130 valence electrons. The molecule has 1 aliphatic carbocycles. The van der Waals surface area contributed by atoms with E-state index >= 15 is 0 Å². The number of nitrogens with one attached hydrogen (secondary N) is 1. The monoisotopic (exact) mass is 408 g/mol. The SMILES string of the molecule is NC(=O)C1c2ccc(-c3cccnc3Br)cc2C[C@@H]1Nc1ccccn1. The number of carbonyl (C=O) groups is 1. The third-order valence-corrected chi connectivity index (χ3v) is 5.33. The molecule has 3 aromatic rings. The number of hydrogen-bond donors (Lipinski definition) is 2. The van der Waals surface area contributed by atoms with E-state index in [0.29, 0.717) is 6.42 Å². The number of carbonyl (C=O) groups excluding carboxylic acids is 1. The maximum atomic E-state index is 12.1. The predicted octanol–water partition coefficient (Wildman–Crippen LogP) is 3.51. The van der Waals surface area contributed by atoms with Gasteiger partial charge >= 0.3 is 0 Å². The van der Waals surface area contributed by atoms with E-state index in [1.807, 2.05) is 42.5 Å². The molecule has 0 spiro atoms. The van der Waals surface area contributed by atoms with Gasteiger partial charge in [0.25, 0.3) is 0 Å². The van der Waals surface area contributed by atoms with Crippen molar-refractivity contribution in [3.05, 3.63) is 76.7 Å². The molecule has 4 rings (SSSR count). The predicted molar refractivity (Wildman–Crippen MR) is 105 cm³/mol. The van der Waals surface area contributed by atoms with Crippen LogP contribution in [-0.2, 0) is 11.2 Å². The van der Waals surface area contributed by atoms with Gasteiger partial charge in [-0.15, -0.1) is 0 Å². The van der Waals surface area contributed by atoms with Crippen molar-refractivity contribution in [1.29, 1.82) is 0 Å². The zero-order valence-corrected chi connectivity index (χ0v) is 15.5. The zero-order valence-electron chi connectivity index (χ0n) is 13.9. The summed E-state index contributed by atoms with van der Waals surface area (Å²) >= 11 is 3.50. The minimum absolute atomic E-state index is 0.106. The van der Waals surface area contributed by atoms with Crippen LogP contribution in [0.1, 0.15) is 17.0 Å². The van der Waals surface area contributed by atoms with Crippen molar-refractivity contribution in [3.8, 4) is 11.1 Å². The molecule has 0 fully saturated rings. The number of pyridine rings is 2. The smallest absolute Gasteiger partial charge is 0.227 e. The van der Waals surface area contributed by atoms with Gasteiger partial charge in [0, 0.05) is 24.0 Å². The van der Waals surface area contributed by atoms with E-state index in [0.717, 1.165) is 32.7 Å². The first-order valence-corrected chi connectivity index (χ1v) is 9.13. The standard InChI is InChI=1S/C20H17BrN4O/c21-19-15(4-3-9-24-19)12-6-7-14-13(10-12)11-16(18(14)20(22)26)25-17-5-1-2-8-23-17/h1-10,16,18H,11H2,(H2,22,26)(H,23,25)/t16-,18?/m0/s1. The second-order valence-electron chi connectivity index (χ2n) is 6.31. The van der Waals surface area contributed by atoms with Crippen LogP contribution in [0.5, 0.6) is 0 Å². The Hall–Kier alpha value is -2.73. The van der Waals surface area contributed by atoms with Crippen LogP contribution < -0.4 is 11.1 Å². The molecule has 5 nitrogen and oxygen atoms in total. The van der Waals surface area contributed by atoms with Gasteiger partial charge in [-0.25, -0.2) is 9.97 Å². The minimum atomic E-state index is -0.376. The molecular weight excluding hydrogens is 392 g/mol. The minimum Gasteiger partial charge on any atom is -0.369 e. The summed E-state index contributed by atoms with van der Waals surface area (Å²) < 4.78 is 0.799. The summed E-state index contributed by atoms with van der Waals surface area (Å²) in [6.45, 7) is 0. The van der Waals surface area contributed by atoms with Crippen LogP contribution in [0.15, 0.2) is 65.5 Å². The summed E-state index contributed by atoms with van der Waals surface area (Å²) in [5.41, 5.74) is 9.90. The fourth-order valence-electron chi connectivity index (χ4n) is 3.55. The first kappa shape index (κ1) is 16.7. The Labute approximate surface area is 159 Å². The highest BCUT2D eigenvalue weighted by atomic mass is 79.9. The van der Waals surface area contributed by atoms with Crippen LogP contribution in [0.3, 0.4) is 0 Å². The van der Waals surface area contributed by atoms with Gasteiger partial charge in [0.1, 0.15) is 10.4 Å². The third kappa shape index (κ3) is 3.08. The lowest BCUT2D eigenvalue weighted by molar-refractivity contribution is -0.119.